The minimum Gasteiger partial charge on any atom is -0.508 e. The number of phenols is 1. The zero-order valence-electron chi connectivity index (χ0n) is 15.8. The highest BCUT2D eigenvalue weighted by molar-refractivity contribution is 9.10. The lowest BCUT2D eigenvalue weighted by Gasteiger charge is -2.04. The topological polar surface area (TPSA) is 63.6 Å². The summed E-state index contributed by atoms with van der Waals surface area (Å²) in [6, 6.07) is 14.3. The molecule has 1 N–H and O–H groups in total. The third-order valence-electron chi connectivity index (χ3n) is 4.22. The van der Waals surface area contributed by atoms with Crippen LogP contribution in [0.15, 0.2) is 57.5 Å². The Morgan fingerprint density at radius 1 is 0.828 bits per heavy atom. The third-order valence-corrected chi connectivity index (χ3v) is 5.83. The van der Waals surface area contributed by atoms with Gasteiger partial charge in [-0.05, 0) is 74.2 Å². The number of halogens is 3. The Labute approximate surface area is 196 Å². The molecule has 0 unspecified atom stereocenters. The highest BCUT2D eigenvalue weighted by Crippen LogP contribution is 2.30. The molecule has 2 aromatic carbocycles. The first-order valence-electron chi connectivity index (χ1n) is 9.33. The molecule has 7 heteroatoms. The summed E-state index contributed by atoms with van der Waals surface area (Å²) in [5.41, 5.74) is 0. The van der Waals surface area contributed by atoms with E-state index in [4.69, 9.17) is 9.84 Å². The second-order valence-electron chi connectivity index (χ2n) is 6.83. The number of hydrogen-bond acceptors (Lipinski definition) is 4. The summed E-state index contributed by atoms with van der Waals surface area (Å²) >= 11 is 9.68. The first kappa shape index (κ1) is 24.1. The van der Waals surface area contributed by atoms with Crippen molar-refractivity contribution in [3.05, 3.63) is 57.5 Å². The van der Waals surface area contributed by atoms with Crippen LogP contribution in [0.4, 0.5) is 0 Å². The number of carbonyl (C=O) groups is 2. The van der Waals surface area contributed by atoms with E-state index in [2.05, 4.69) is 47.8 Å². The van der Waals surface area contributed by atoms with Crippen LogP contribution in [0.2, 0.25) is 0 Å². The standard InChI is InChI=1S/C11H11BrO2.C6H5BrO.C5H7BrO/c12-9-3-5-10(6-4-9)14-7-11(13)8-1-2-8;7-5-1-3-6(8)4-2-5;6-3-5(7)4-1-2-4/h3-6,8H,1-2,7H2;1-4,8H;4H,1-3H2. The maximum absolute atomic E-state index is 11.3. The van der Waals surface area contributed by atoms with Gasteiger partial charge in [0.1, 0.15) is 23.9 Å². The molecule has 29 heavy (non-hydrogen) atoms. The molecular weight excluding hydrogens is 568 g/mol. The fourth-order valence-corrected chi connectivity index (χ4v) is 3.15. The van der Waals surface area contributed by atoms with Crippen molar-refractivity contribution >= 4 is 59.4 Å². The van der Waals surface area contributed by atoms with Crippen LogP contribution in [0.1, 0.15) is 25.7 Å². The molecule has 2 aliphatic carbocycles. The summed E-state index contributed by atoms with van der Waals surface area (Å²) in [7, 11) is 0. The Hall–Kier alpha value is -1.18. The summed E-state index contributed by atoms with van der Waals surface area (Å²) in [5, 5.41) is 9.29. The van der Waals surface area contributed by atoms with Gasteiger partial charge < -0.3 is 9.84 Å². The number of rotatable bonds is 6. The molecule has 2 aliphatic rings. The lowest BCUT2D eigenvalue weighted by Crippen LogP contribution is -2.12. The third kappa shape index (κ3) is 10.4. The quantitative estimate of drug-likeness (QED) is 0.400. The number of aromatic hydroxyl groups is 1. The summed E-state index contributed by atoms with van der Waals surface area (Å²) < 4.78 is 7.35. The summed E-state index contributed by atoms with van der Waals surface area (Å²) in [6.45, 7) is 0.215. The van der Waals surface area contributed by atoms with Crippen molar-refractivity contribution < 1.29 is 19.4 Å². The van der Waals surface area contributed by atoms with Crippen LogP contribution in [0.5, 0.6) is 11.5 Å². The van der Waals surface area contributed by atoms with Gasteiger partial charge in [0.15, 0.2) is 5.78 Å². The summed E-state index contributed by atoms with van der Waals surface area (Å²) in [4.78, 5) is 21.8. The first-order valence-corrected chi connectivity index (χ1v) is 12.0. The van der Waals surface area contributed by atoms with E-state index in [0.717, 1.165) is 40.4 Å². The van der Waals surface area contributed by atoms with Gasteiger partial charge in [-0.2, -0.15) is 0 Å². The van der Waals surface area contributed by atoms with E-state index in [1.807, 2.05) is 24.3 Å². The SMILES string of the molecule is O=C(CBr)C1CC1.O=C(COc1ccc(Br)cc1)C1CC1.Oc1ccc(Br)cc1. The molecule has 0 aromatic heterocycles. The van der Waals surface area contributed by atoms with E-state index in [1.54, 1.807) is 24.3 Å². The van der Waals surface area contributed by atoms with Crippen molar-refractivity contribution in [3.8, 4) is 11.5 Å². The average Bonchev–Trinajstić information content (AvgIpc) is 3.62. The molecule has 0 saturated heterocycles. The fourth-order valence-electron chi connectivity index (χ4n) is 2.16. The largest absolute Gasteiger partial charge is 0.508 e. The number of phenolic OH excluding ortho intramolecular Hbond substituents is 1. The molecule has 2 fully saturated rings. The van der Waals surface area contributed by atoms with Gasteiger partial charge in [-0.3, -0.25) is 9.59 Å². The van der Waals surface area contributed by atoms with Crippen LogP contribution >= 0.6 is 47.8 Å². The van der Waals surface area contributed by atoms with Crippen LogP contribution < -0.4 is 4.74 Å². The average molecular weight is 591 g/mol. The number of carbonyl (C=O) groups excluding carboxylic acids is 2. The van der Waals surface area contributed by atoms with Crippen molar-refractivity contribution in [2.75, 3.05) is 11.9 Å². The van der Waals surface area contributed by atoms with Gasteiger partial charge in [0.25, 0.3) is 0 Å². The summed E-state index contributed by atoms with van der Waals surface area (Å²) in [5.74, 6) is 2.37. The fraction of sp³-hybridized carbons (Fsp3) is 0.364. The van der Waals surface area contributed by atoms with Crippen molar-refractivity contribution in [2.24, 2.45) is 11.8 Å². The van der Waals surface area contributed by atoms with Crippen molar-refractivity contribution in [2.45, 2.75) is 25.7 Å². The van der Waals surface area contributed by atoms with Crippen LogP contribution in [0.3, 0.4) is 0 Å². The molecule has 4 rings (SSSR count). The Morgan fingerprint density at radius 2 is 1.28 bits per heavy atom. The lowest BCUT2D eigenvalue weighted by molar-refractivity contribution is -0.122. The van der Waals surface area contributed by atoms with Gasteiger partial charge in [-0.1, -0.05) is 47.8 Å². The molecule has 0 amide bonds. The van der Waals surface area contributed by atoms with Crippen LogP contribution in [0.25, 0.3) is 0 Å². The molecule has 0 aliphatic heterocycles. The molecule has 0 radical (unpaired) electrons. The van der Waals surface area contributed by atoms with E-state index >= 15 is 0 Å². The van der Waals surface area contributed by atoms with Gasteiger partial charge in [0.2, 0.25) is 0 Å². The number of Topliss-reactive ketones (excluding diaryl/α,β-unsaturated/α-hetero) is 2. The first-order chi connectivity index (χ1) is 13.9. The van der Waals surface area contributed by atoms with E-state index < -0.39 is 0 Å². The Balaban J connectivity index is 0.000000170. The van der Waals surface area contributed by atoms with Crippen molar-refractivity contribution in [1.29, 1.82) is 0 Å². The predicted molar refractivity (Wildman–Crippen MR) is 125 cm³/mol. The Kier molecular flexibility index (Phi) is 10.4. The number of benzene rings is 2. The normalized spacial score (nSPS) is 14.6. The smallest absolute Gasteiger partial charge is 0.173 e. The van der Waals surface area contributed by atoms with Gasteiger partial charge in [-0.15, -0.1) is 0 Å². The van der Waals surface area contributed by atoms with Gasteiger partial charge >= 0.3 is 0 Å². The maximum atomic E-state index is 11.3. The highest BCUT2D eigenvalue weighted by Gasteiger charge is 2.29. The molecular formula is C22H23Br3O4. The monoisotopic (exact) mass is 588 g/mol. The van der Waals surface area contributed by atoms with Gasteiger partial charge in [-0.25, -0.2) is 0 Å². The predicted octanol–water partition coefficient (Wildman–Crippen LogP) is 6.32. The summed E-state index contributed by atoms with van der Waals surface area (Å²) in [6.07, 6.45) is 4.35. The van der Waals surface area contributed by atoms with E-state index in [0.29, 0.717) is 22.8 Å². The number of hydrogen-bond donors (Lipinski definition) is 1. The van der Waals surface area contributed by atoms with E-state index in [-0.39, 0.29) is 18.3 Å². The zero-order chi connectivity index (χ0) is 21.2. The second-order valence-corrected chi connectivity index (χ2v) is 9.23. The van der Waals surface area contributed by atoms with E-state index in [1.165, 1.54) is 0 Å². The van der Waals surface area contributed by atoms with Crippen molar-refractivity contribution in [1.82, 2.24) is 0 Å². The molecule has 2 aromatic rings. The minimum atomic E-state index is 0.215. The number of ether oxygens (including phenoxy) is 1. The highest BCUT2D eigenvalue weighted by atomic mass is 79.9. The maximum Gasteiger partial charge on any atom is 0.173 e. The molecule has 156 valence electrons. The molecule has 0 heterocycles. The molecule has 4 nitrogen and oxygen atoms in total. The lowest BCUT2D eigenvalue weighted by atomic mass is 10.3. The van der Waals surface area contributed by atoms with Crippen LogP contribution in [-0.2, 0) is 9.59 Å². The van der Waals surface area contributed by atoms with Gasteiger partial charge in [0, 0.05) is 20.8 Å². The molecule has 0 spiro atoms. The van der Waals surface area contributed by atoms with Gasteiger partial charge in [0.05, 0.1) is 5.33 Å². The molecule has 0 bridgehead atoms. The number of ketones is 2. The Bertz CT molecular complexity index is 762. The Morgan fingerprint density at radius 3 is 1.66 bits per heavy atom. The molecule has 0 atom stereocenters. The minimum absolute atomic E-state index is 0.215. The van der Waals surface area contributed by atoms with Crippen LogP contribution in [-0.4, -0.2) is 28.6 Å². The zero-order valence-corrected chi connectivity index (χ0v) is 20.6. The second kappa shape index (κ2) is 12.5. The molecule has 2 saturated carbocycles. The van der Waals surface area contributed by atoms with Crippen LogP contribution in [0, 0.1) is 11.8 Å². The number of alkyl halides is 1. The van der Waals surface area contributed by atoms with Crippen molar-refractivity contribution in [3.63, 3.8) is 0 Å². The van der Waals surface area contributed by atoms with E-state index in [9.17, 15) is 9.59 Å².